The second kappa shape index (κ2) is 6.79. The highest BCUT2D eigenvalue weighted by Gasteiger charge is 2.30. The molecule has 112 valence electrons. The quantitative estimate of drug-likeness (QED) is 0.693. The highest BCUT2D eigenvalue weighted by atomic mass is 127. The summed E-state index contributed by atoms with van der Waals surface area (Å²) in [4.78, 5) is 0. The van der Waals surface area contributed by atoms with Crippen molar-refractivity contribution >= 4 is 22.6 Å². The Morgan fingerprint density at radius 1 is 1.10 bits per heavy atom. The maximum absolute atomic E-state index is 12.6. The third-order valence-corrected chi connectivity index (χ3v) is 3.96. The van der Waals surface area contributed by atoms with Crippen molar-refractivity contribution in [3.8, 4) is 0 Å². The van der Waals surface area contributed by atoms with Gasteiger partial charge in [0.25, 0.3) is 0 Å². The first-order chi connectivity index (χ1) is 9.86. The summed E-state index contributed by atoms with van der Waals surface area (Å²) in [5.74, 6) is 0. The molecule has 0 spiro atoms. The predicted octanol–water partition coefficient (Wildman–Crippen LogP) is 5.16. The molecule has 0 aliphatic rings. The average molecular weight is 405 g/mol. The lowest BCUT2D eigenvalue weighted by Gasteiger charge is -2.15. The van der Waals surface area contributed by atoms with E-state index in [1.165, 1.54) is 12.1 Å². The van der Waals surface area contributed by atoms with Gasteiger partial charge in [0.2, 0.25) is 0 Å². The maximum atomic E-state index is 12.6. The first-order valence-corrected chi connectivity index (χ1v) is 7.59. The smallest absolute Gasteiger partial charge is 0.306 e. The van der Waals surface area contributed by atoms with Gasteiger partial charge in [-0.2, -0.15) is 13.2 Å². The molecule has 0 heterocycles. The fourth-order valence-corrected chi connectivity index (χ4v) is 2.36. The predicted molar refractivity (Wildman–Crippen MR) is 85.9 cm³/mol. The van der Waals surface area contributed by atoms with Crippen molar-refractivity contribution in [2.45, 2.75) is 25.7 Å². The van der Waals surface area contributed by atoms with E-state index in [1.807, 2.05) is 31.2 Å². The fourth-order valence-electron chi connectivity index (χ4n) is 2.00. The number of alkyl halides is 3. The fraction of sp³-hybridized carbons (Fsp3) is 0.250. The topological polar surface area (TPSA) is 12.0 Å². The van der Waals surface area contributed by atoms with Gasteiger partial charge in [0.15, 0.2) is 0 Å². The van der Waals surface area contributed by atoms with Crippen molar-refractivity contribution in [1.29, 1.82) is 0 Å². The highest BCUT2D eigenvalue weighted by Crippen LogP contribution is 2.29. The molecule has 2 rings (SSSR count). The van der Waals surface area contributed by atoms with E-state index in [0.29, 0.717) is 12.1 Å². The summed E-state index contributed by atoms with van der Waals surface area (Å²) in [5, 5.41) is 3.24. The summed E-state index contributed by atoms with van der Waals surface area (Å²) >= 11 is 2.23. The number of hydrogen-bond donors (Lipinski definition) is 1. The van der Waals surface area contributed by atoms with Crippen LogP contribution < -0.4 is 5.32 Å². The van der Waals surface area contributed by atoms with Crippen molar-refractivity contribution in [2.75, 3.05) is 0 Å². The van der Waals surface area contributed by atoms with E-state index in [0.717, 1.165) is 15.2 Å². The lowest BCUT2D eigenvalue weighted by Crippen LogP contribution is -2.18. The largest absolute Gasteiger partial charge is 0.416 e. The Balaban J connectivity index is 2.01. The van der Waals surface area contributed by atoms with Crippen LogP contribution in [0.4, 0.5) is 13.2 Å². The summed E-state index contributed by atoms with van der Waals surface area (Å²) in [6.07, 6.45) is -4.29. The normalized spacial score (nSPS) is 13.2. The Morgan fingerprint density at radius 2 is 1.76 bits per heavy atom. The van der Waals surface area contributed by atoms with Crippen LogP contribution >= 0.6 is 22.6 Å². The van der Waals surface area contributed by atoms with E-state index in [4.69, 9.17) is 0 Å². The van der Waals surface area contributed by atoms with E-state index < -0.39 is 11.7 Å². The van der Waals surface area contributed by atoms with E-state index >= 15 is 0 Å². The standard InChI is InChI=1S/C16H15F3IN/c1-11(13-5-7-15(20)8-6-13)21-10-12-3-2-4-14(9-12)16(17,18)19/h2-9,11,21H,10H2,1H3. The van der Waals surface area contributed by atoms with Crippen molar-refractivity contribution in [3.63, 3.8) is 0 Å². The van der Waals surface area contributed by atoms with Crippen LogP contribution in [0.1, 0.15) is 29.7 Å². The Kier molecular flexibility index (Phi) is 5.27. The van der Waals surface area contributed by atoms with Gasteiger partial charge < -0.3 is 5.32 Å². The molecule has 1 nitrogen and oxygen atoms in total. The first-order valence-electron chi connectivity index (χ1n) is 6.51. The number of nitrogens with one attached hydrogen (secondary N) is 1. The van der Waals surface area contributed by atoms with Crippen molar-refractivity contribution in [1.82, 2.24) is 5.32 Å². The summed E-state index contributed by atoms with van der Waals surface area (Å²) in [5.41, 5.74) is 1.13. The molecule has 1 N–H and O–H groups in total. The lowest BCUT2D eigenvalue weighted by molar-refractivity contribution is -0.137. The molecule has 0 aliphatic heterocycles. The number of benzene rings is 2. The van der Waals surface area contributed by atoms with Crippen molar-refractivity contribution < 1.29 is 13.2 Å². The highest BCUT2D eigenvalue weighted by molar-refractivity contribution is 14.1. The van der Waals surface area contributed by atoms with Gasteiger partial charge >= 0.3 is 6.18 Å². The van der Waals surface area contributed by atoms with E-state index in [-0.39, 0.29) is 6.04 Å². The van der Waals surface area contributed by atoms with Crippen LogP contribution in [0.25, 0.3) is 0 Å². The van der Waals surface area contributed by atoms with E-state index in [9.17, 15) is 13.2 Å². The van der Waals surface area contributed by atoms with Crippen molar-refractivity contribution in [2.24, 2.45) is 0 Å². The Labute approximate surface area is 135 Å². The van der Waals surface area contributed by atoms with Crippen LogP contribution in [-0.4, -0.2) is 0 Å². The molecule has 0 aliphatic carbocycles. The van der Waals surface area contributed by atoms with Crippen LogP contribution in [0.3, 0.4) is 0 Å². The summed E-state index contributed by atoms with van der Waals surface area (Å²) in [6.45, 7) is 2.40. The Bertz CT molecular complexity index is 593. The third-order valence-electron chi connectivity index (χ3n) is 3.24. The zero-order chi connectivity index (χ0) is 15.5. The SMILES string of the molecule is CC(NCc1cccc(C(F)(F)F)c1)c1ccc(I)cc1. The molecule has 0 fully saturated rings. The number of rotatable bonds is 4. The first kappa shape index (κ1) is 16.3. The molecule has 2 aromatic carbocycles. The molecular formula is C16H15F3IN. The van der Waals surface area contributed by atoms with Gasteiger partial charge in [-0.3, -0.25) is 0 Å². The molecule has 2 aromatic rings. The molecule has 0 aromatic heterocycles. The minimum atomic E-state index is -4.29. The van der Waals surface area contributed by atoms with Gasteiger partial charge in [0.1, 0.15) is 0 Å². The molecule has 0 amide bonds. The van der Waals surface area contributed by atoms with Gasteiger partial charge in [0, 0.05) is 16.2 Å². The number of hydrogen-bond acceptors (Lipinski definition) is 1. The minimum Gasteiger partial charge on any atom is -0.306 e. The molecule has 5 heteroatoms. The molecule has 1 unspecified atom stereocenters. The molecule has 0 radical (unpaired) electrons. The monoisotopic (exact) mass is 405 g/mol. The maximum Gasteiger partial charge on any atom is 0.416 e. The molecule has 21 heavy (non-hydrogen) atoms. The van der Waals surface area contributed by atoms with E-state index in [2.05, 4.69) is 27.9 Å². The minimum absolute atomic E-state index is 0.0801. The Hall–Kier alpha value is -1.08. The van der Waals surface area contributed by atoms with Crippen LogP contribution in [0, 0.1) is 3.57 Å². The van der Waals surface area contributed by atoms with Gasteiger partial charge in [-0.25, -0.2) is 0 Å². The Morgan fingerprint density at radius 3 is 2.38 bits per heavy atom. The van der Waals surface area contributed by atoms with Crippen LogP contribution in [-0.2, 0) is 12.7 Å². The summed E-state index contributed by atoms with van der Waals surface area (Å²) < 4.78 is 39.1. The summed E-state index contributed by atoms with van der Waals surface area (Å²) in [6, 6.07) is 13.6. The van der Waals surface area contributed by atoms with Gasteiger partial charge in [-0.15, -0.1) is 0 Å². The van der Waals surface area contributed by atoms with Crippen LogP contribution in [0.15, 0.2) is 48.5 Å². The van der Waals surface area contributed by atoms with Gasteiger partial charge in [0.05, 0.1) is 5.56 Å². The molecule has 0 saturated heterocycles. The molecule has 0 saturated carbocycles. The molecular weight excluding hydrogens is 390 g/mol. The second-order valence-corrected chi connectivity index (χ2v) is 6.10. The van der Waals surface area contributed by atoms with Gasteiger partial charge in [-0.1, -0.05) is 30.3 Å². The molecule has 0 bridgehead atoms. The van der Waals surface area contributed by atoms with Crippen molar-refractivity contribution in [3.05, 3.63) is 68.8 Å². The lowest BCUT2D eigenvalue weighted by atomic mass is 10.1. The zero-order valence-electron chi connectivity index (χ0n) is 11.4. The zero-order valence-corrected chi connectivity index (χ0v) is 13.6. The van der Waals surface area contributed by atoms with Crippen LogP contribution in [0.5, 0.6) is 0 Å². The van der Waals surface area contributed by atoms with E-state index in [1.54, 1.807) is 6.07 Å². The summed E-state index contributed by atoms with van der Waals surface area (Å²) in [7, 11) is 0. The average Bonchev–Trinajstić information content (AvgIpc) is 2.45. The molecule has 1 atom stereocenters. The third kappa shape index (κ3) is 4.71. The van der Waals surface area contributed by atoms with Crippen LogP contribution in [0.2, 0.25) is 0 Å². The number of halogens is 4. The van der Waals surface area contributed by atoms with Gasteiger partial charge in [-0.05, 0) is 58.8 Å². The second-order valence-electron chi connectivity index (χ2n) is 4.85.